The average molecular weight is 263 g/mol. The summed E-state index contributed by atoms with van der Waals surface area (Å²) in [7, 11) is 0. The van der Waals surface area contributed by atoms with Crippen molar-refractivity contribution < 1.29 is 4.55 Å². The van der Waals surface area contributed by atoms with Gasteiger partial charge in [0.2, 0.25) is 5.78 Å². The van der Waals surface area contributed by atoms with Gasteiger partial charge in [0, 0.05) is 18.0 Å². The SMILES string of the molecule is C[S+]([O-])c1ccc(-c2nc3nccn3s2)cc1. The van der Waals surface area contributed by atoms with Crippen molar-refractivity contribution in [3.63, 3.8) is 0 Å². The molecule has 0 saturated carbocycles. The van der Waals surface area contributed by atoms with E-state index in [2.05, 4.69) is 9.97 Å². The fourth-order valence-corrected chi connectivity index (χ4v) is 2.90. The summed E-state index contributed by atoms with van der Waals surface area (Å²) >= 11 is 0.603. The van der Waals surface area contributed by atoms with Gasteiger partial charge in [-0.2, -0.15) is 4.98 Å². The molecule has 0 bridgehead atoms. The molecule has 0 amide bonds. The summed E-state index contributed by atoms with van der Waals surface area (Å²) in [5, 5.41) is 0.918. The highest BCUT2D eigenvalue weighted by Crippen LogP contribution is 2.24. The van der Waals surface area contributed by atoms with Crippen molar-refractivity contribution in [1.29, 1.82) is 0 Å². The van der Waals surface area contributed by atoms with Crippen molar-refractivity contribution in [2.75, 3.05) is 6.26 Å². The van der Waals surface area contributed by atoms with E-state index in [1.165, 1.54) is 11.5 Å². The molecule has 0 aliphatic rings. The van der Waals surface area contributed by atoms with Crippen LogP contribution in [0.25, 0.3) is 16.3 Å². The first-order valence-electron chi connectivity index (χ1n) is 4.98. The van der Waals surface area contributed by atoms with Crippen LogP contribution in [0.2, 0.25) is 0 Å². The monoisotopic (exact) mass is 263 g/mol. The van der Waals surface area contributed by atoms with E-state index in [0.717, 1.165) is 15.5 Å². The molecule has 0 N–H and O–H groups in total. The Morgan fingerprint density at radius 2 is 2.06 bits per heavy atom. The second-order valence-corrected chi connectivity index (χ2v) is 5.88. The molecule has 1 atom stereocenters. The number of benzene rings is 1. The van der Waals surface area contributed by atoms with Gasteiger partial charge in [0.05, 0.1) is 0 Å². The Hall–Kier alpha value is -1.37. The van der Waals surface area contributed by atoms with Gasteiger partial charge in [-0.15, -0.1) is 0 Å². The lowest BCUT2D eigenvalue weighted by atomic mass is 10.2. The van der Waals surface area contributed by atoms with Crippen LogP contribution < -0.4 is 0 Å². The van der Waals surface area contributed by atoms with Crippen LogP contribution in [-0.4, -0.2) is 24.6 Å². The van der Waals surface area contributed by atoms with Crippen LogP contribution >= 0.6 is 11.5 Å². The first-order valence-corrected chi connectivity index (χ1v) is 7.31. The van der Waals surface area contributed by atoms with E-state index in [0.29, 0.717) is 5.78 Å². The van der Waals surface area contributed by atoms with E-state index < -0.39 is 11.2 Å². The Morgan fingerprint density at radius 3 is 2.71 bits per heavy atom. The highest BCUT2D eigenvalue weighted by atomic mass is 32.2. The van der Waals surface area contributed by atoms with Gasteiger partial charge in [-0.1, -0.05) is 0 Å². The zero-order valence-electron chi connectivity index (χ0n) is 9.03. The minimum absolute atomic E-state index is 0.716. The maximum atomic E-state index is 11.3. The molecule has 2 heterocycles. The van der Waals surface area contributed by atoms with E-state index >= 15 is 0 Å². The molecule has 1 unspecified atom stereocenters. The molecule has 86 valence electrons. The Bertz CT molecular complexity index is 614. The predicted molar refractivity (Wildman–Crippen MR) is 68.6 cm³/mol. The maximum absolute atomic E-state index is 11.3. The zero-order valence-corrected chi connectivity index (χ0v) is 10.7. The van der Waals surface area contributed by atoms with Gasteiger partial charge in [-0.05, 0) is 47.0 Å². The molecule has 0 spiro atoms. The van der Waals surface area contributed by atoms with Crippen molar-refractivity contribution in [1.82, 2.24) is 13.8 Å². The topological polar surface area (TPSA) is 53.2 Å². The third-order valence-electron chi connectivity index (χ3n) is 2.41. The van der Waals surface area contributed by atoms with E-state index in [9.17, 15) is 4.55 Å². The zero-order chi connectivity index (χ0) is 11.8. The molecule has 2 aromatic heterocycles. The molecule has 3 rings (SSSR count). The Morgan fingerprint density at radius 1 is 1.29 bits per heavy atom. The third-order valence-corrected chi connectivity index (χ3v) is 4.33. The standard InChI is InChI=1S/C11H9N3OS2/c1-17(15)9-4-2-8(3-5-9)10-13-11-12-6-7-14(11)16-10/h2-7H,1H3. The number of rotatable bonds is 2. The molecule has 0 radical (unpaired) electrons. The number of imidazole rings is 1. The minimum atomic E-state index is -0.935. The van der Waals surface area contributed by atoms with E-state index in [1.807, 2.05) is 34.3 Å². The Kier molecular flexibility index (Phi) is 2.62. The normalized spacial score (nSPS) is 13.1. The fourth-order valence-electron chi connectivity index (χ4n) is 1.54. The molecule has 6 heteroatoms. The van der Waals surface area contributed by atoms with Crippen LogP contribution in [-0.2, 0) is 11.2 Å². The van der Waals surface area contributed by atoms with Crippen molar-refractivity contribution in [3.05, 3.63) is 36.7 Å². The predicted octanol–water partition coefficient (Wildman–Crippen LogP) is 2.20. The fraction of sp³-hybridized carbons (Fsp3) is 0.0909. The van der Waals surface area contributed by atoms with Crippen molar-refractivity contribution in [2.45, 2.75) is 4.90 Å². The van der Waals surface area contributed by atoms with Crippen LogP contribution in [0.5, 0.6) is 0 Å². The van der Waals surface area contributed by atoms with Crippen LogP contribution in [0.15, 0.2) is 41.6 Å². The number of aromatic nitrogens is 3. The van der Waals surface area contributed by atoms with Gasteiger partial charge < -0.3 is 4.55 Å². The van der Waals surface area contributed by atoms with Crippen molar-refractivity contribution >= 4 is 28.5 Å². The summed E-state index contributed by atoms with van der Waals surface area (Å²) in [6.45, 7) is 0. The smallest absolute Gasteiger partial charge is 0.244 e. The largest absolute Gasteiger partial charge is 0.612 e. The third kappa shape index (κ3) is 1.95. The quantitative estimate of drug-likeness (QED) is 0.666. The first-order chi connectivity index (χ1) is 8.24. The van der Waals surface area contributed by atoms with Gasteiger partial charge >= 0.3 is 0 Å². The lowest BCUT2D eigenvalue weighted by molar-refractivity contribution is 0.601. The average Bonchev–Trinajstić information content (AvgIpc) is 2.89. The maximum Gasteiger partial charge on any atom is 0.244 e. The van der Waals surface area contributed by atoms with E-state index in [4.69, 9.17) is 0 Å². The lowest BCUT2D eigenvalue weighted by Crippen LogP contribution is -1.96. The van der Waals surface area contributed by atoms with Gasteiger partial charge in [0.15, 0.2) is 4.90 Å². The number of hydrogen-bond acceptors (Lipinski definition) is 4. The summed E-state index contributed by atoms with van der Waals surface area (Å²) in [4.78, 5) is 9.37. The second-order valence-electron chi connectivity index (χ2n) is 3.54. The molecule has 0 saturated heterocycles. The summed E-state index contributed by atoms with van der Waals surface area (Å²) < 4.78 is 13.2. The number of hydrogen-bond donors (Lipinski definition) is 0. The Balaban J connectivity index is 2.01. The van der Waals surface area contributed by atoms with Crippen LogP contribution in [0.3, 0.4) is 0 Å². The molecule has 0 fully saturated rings. The molecular formula is C11H9N3OS2. The summed E-state index contributed by atoms with van der Waals surface area (Å²) in [5.41, 5.74) is 1.02. The number of nitrogens with zero attached hydrogens (tertiary/aromatic N) is 3. The minimum Gasteiger partial charge on any atom is -0.612 e. The van der Waals surface area contributed by atoms with Crippen LogP contribution in [0.4, 0.5) is 0 Å². The molecular weight excluding hydrogens is 254 g/mol. The molecule has 1 aromatic carbocycles. The molecule has 4 nitrogen and oxygen atoms in total. The number of fused-ring (bicyclic) bond motifs is 1. The highest BCUT2D eigenvalue weighted by Gasteiger charge is 2.08. The second kappa shape index (κ2) is 4.14. The van der Waals surface area contributed by atoms with Crippen molar-refractivity contribution in [2.24, 2.45) is 0 Å². The molecule has 3 aromatic rings. The van der Waals surface area contributed by atoms with Gasteiger partial charge in [0.1, 0.15) is 11.3 Å². The van der Waals surface area contributed by atoms with Crippen molar-refractivity contribution in [3.8, 4) is 10.6 Å². The van der Waals surface area contributed by atoms with Gasteiger partial charge in [-0.25, -0.2) is 8.77 Å². The first kappa shape index (κ1) is 10.8. The van der Waals surface area contributed by atoms with Crippen LogP contribution in [0.1, 0.15) is 0 Å². The Labute approximate surface area is 105 Å². The van der Waals surface area contributed by atoms with E-state index in [1.54, 1.807) is 12.5 Å². The molecule has 0 aliphatic heterocycles. The lowest BCUT2D eigenvalue weighted by Gasteiger charge is -2.03. The van der Waals surface area contributed by atoms with E-state index in [-0.39, 0.29) is 0 Å². The molecule has 0 aliphatic carbocycles. The summed E-state index contributed by atoms with van der Waals surface area (Å²) in [6.07, 6.45) is 5.28. The molecule has 17 heavy (non-hydrogen) atoms. The van der Waals surface area contributed by atoms with Gasteiger partial charge in [0.25, 0.3) is 0 Å². The summed E-state index contributed by atoms with van der Waals surface area (Å²) in [5.74, 6) is 0.716. The summed E-state index contributed by atoms with van der Waals surface area (Å²) in [6, 6.07) is 7.62. The highest BCUT2D eigenvalue weighted by molar-refractivity contribution is 7.90. The van der Waals surface area contributed by atoms with Crippen LogP contribution in [0, 0.1) is 0 Å². The van der Waals surface area contributed by atoms with Gasteiger partial charge in [-0.3, -0.25) is 0 Å².